The van der Waals surface area contributed by atoms with Crippen molar-refractivity contribution in [2.45, 2.75) is 53.1 Å². The minimum atomic E-state index is -0.592. The lowest BCUT2D eigenvalue weighted by atomic mass is 9.99. The monoisotopic (exact) mass is 442 g/mol. The first-order valence-electron chi connectivity index (χ1n) is 11.6. The fourth-order valence-corrected chi connectivity index (χ4v) is 4.01. The van der Waals surface area contributed by atoms with Crippen molar-refractivity contribution in [3.05, 3.63) is 106 Å². The molecule has 0 aliphatic heterocycles. The van der Waals surface area contributed by atoms with E-state index in [0.717, 1.165) is 27.8 Å². The average molecular weight is 443 g/mol. The van der Waals surface area contributed by atoms with Crippen LogP contribution >= 0.6 is 0 Å². The molecule has 0 aliphatic rings. The predicted octanol–water partition coefficient (Wildman–Crippen LogP) is 4.93. The van der Waals surface area contributed by atoms with Crippen LogP contribution in [0, 0.1) is 20.8 Å². The third-order valence-corrected chi connectivity index (χ3v) is 6.15. The summed E-state index contributed by atoms with van der Waals surface area (Å²) in [7, 11) is 0. The fraction of sp³-hybridized carbons (Fsp3) is 0.310. The number of rotatable bonds is 9. The molecule has 4 nitrogen and oxygen atoms in total. The third-order valence-electron chi connectivity index (χ3n) is 6.15. The van der Waals surface area contributed by atoms with Crippen LogP contribution < -0.4 is 5.32 Å². The van der Waals surface area contributed by atoms with Crippen molar-refractivity contribution in [3.8, 4) is 0 Å². The smallest absolute Gasteiger partial charge is 0.243 e. The first kappa shape index (κ1) is 24.2. The first-order chi connectivity index (χ1) is 15.9. The molecule has 0 saturated carbocycles. The van der Waals surface area contributed by atoms with E-state index < -0.39 is 6.04 Å². The Morgan fingerprint density at radius 3 is 2.18 bits per heavy atom. The fourth-order valence-electron chi connectivity index (χ4n) is 4.01. The number of hydrogen-bond acceptors (Lipinski definition) is 2. The summed E-state index contributed by atoms with van der Waals surface area (Å²) in [4.78, 5) is 28.7. The van der Waals surface area contributed by atoms with Gasteiger partial charge in [-0.2, -0.15) is 0 Å². The Morgan fingerprint density at radius 1 is 0.818 bits per heavy atom. The molecular formula is C29H34N2O2. The van der Waals surface area contributed by atoms with Gasteiger partial charge >= 0.3 is 0 Å². The van der Waals surface area contributed by atoms with E-state index in [2.05, 4.69) is 31.3 Å². The molecule has 0 unspecified atom stereocenters. The van der Waals surface area contributed by atoms with E-state index in [4.69, 9.17) is 0 Å². The predicted molar refractivity (Wildman–Crippen MR) is 134 cm³/mol. The Bertz CT molecular complexity index is 1090. The number of carbonyl (C=O) groups excluding carboxylic acids is 2. The van der Waals surface area contributed by atoms with Crippen molar-refractivity contribution >= 4 is 11.8 Å². The lowest BCUT2D eigenvalue weighted by Crippen LogP contribution is -2.51. The SMILES string of the molecule is CCNC(=O)[C@@H](Cc1ccccc1)N(Cc1ccccc1C)C(=O)Cc1ccc(C)c(C)c1. The van der Waals surface area contributed by atoms with E-state index in [9.17, 15) is 9.59 Å². The zero-order valence-electron chi connectivity index (χ0n) is 20.1. The zero-order valence-corrected chi connectivity index (χ0v) is 20.1. The van der Waals surface area contributed by atoms with Crippen LogP contribution in [0.3, 0.4) is 0 Å². The maximum Gasteiger partial charge on any atom is 0.243 e. The standard InChI is InChI=1S/C29H34N2O2/c1-5-30-29(33)27(18-24-12-7-6-8-13-24)31(20-26-14-10-9-11-22(26)3)28(32)19-25-16-15-21(2)23(4)17-25/h6-17,27H,5,18-20H2,1-4H3,(H,30,33)/t27-/m1/s1. The van der Waals surface area contributed by atoms with Crippen LogP contribution in [0.4, 0.5) is 0 Å². The second-order valence-corrected chi connectivity index (χ2v) is 8.64. The molecule has 4 heteroatoms. The molecular weight excluding hydrogens is 408 g/mol. The van der Waals surface area contributed by atoms with Crippen LogP contribution in [0.15, 0.2) is 72.8 Å². The van der Waals surface area contributed by atoms with Gasteiger partial charge in [0.15, 0.2) is 0 Å². The maximum atomic E-state index is 13.7. The number of nitrogens with zero attached hydrogens (tertiary/aromatic N) is 1. The molecule has 1 N–H and O–H groups in total. The number of benzene rings is 3. The molecule has 0 aromatic heterocycles. The van der Waals surface area contributed by atoms with Crippen molar-refractivity contribution in [2.75, 3.05) is 6.54 Å². The summed E-state index contributed by atoms with van der Waals surface area (Å²) in [5.74, 6) is -0.169. The van der Waals surface area contributed by atoms with Crippen LogP contribution in [-0.4, -0.2) is 29.3 Å². The average Bonchev–Trinajstić information content (AvgIpc) is 2.80. The largest absolute Gasteiger partial charge is 0.355 e. The van der Waals surface area contributed by atoms with Gasteiger partial charge in [0.25, 0.3) is 0 Å². The van der Waals surface area contributed by atoms with Gasteiger partial charge in [0.2, 0.25) is 11.8 Å². The summed E-state index contributed by atoms with van der Waals surface area (Å²) in [6.07, 6.45) is 0.731. The van der Waals surface area contributed by atoms with E-state index in [1.54, 1.807) is 4.90 Å². The molecule has 2 amide bonds. The van der Waals surface area contributed by atoms with E-state index in [1.807, 2.05) is 74.5 Å². The van der Waals surface area contributed by atoms with Gasteiger partial charge in [-0.05, 0) is 61.1 Å². The highest BCUT2D eigenvalue weighted by atomic mass is 16.2. The molecule has 0 saturated heterocycles. The van der Waals surface area contributed by atoms with Gasteiger partial charge in [0.1, 0.15) is 6.04 Å². The lowest BCUT2D eigenvalue weighted by molar-refractivity contribution is -0.140. The summed E-state index contributed by atoms with van der Waals surface area (Å²) >= 11 is 0. The van der Waals surface area contributed by atoms with E-state index in [1.165, 1.54) is 5.56 Å². The summed E-state index contributed by atoms with van der Waals surface area (Å²) in [6.45, 7) is 8.98. The minimum absolute atomic E-state index is 0.0475. The number of carbonyl (C=O) groups is 2. The van der Waals surface area contributed by atoms with Gasteiger partial charge in [-0.1, -0.05) is 72.8 Å². The molecule has 0 heterocycles. The second-order valence-electron chi connectivity index (χ2n) is 8.64. The molecule has 0 spiro atoms. The van der Waals surface area contributed by atoms with Crippen LogP contribution in [0.25, 0.3) is 0 Å². The van der Waals surface area contributed by atoms with Crippen LogP contribution in [0.2, 0.25) is 0 Å². The maximum absolute atomic E-state index is 13.7. The quantitative estimate of drug-likeness (QED) is 0.511. The molecule has 3 aromatic rings. The number of likely N-dealkylation sites (N-methyl/N-ethyl adjacent to an activating group) is 1. The van der Waals surface area contributed by atoms with Gasteiger partial charge in [-0.15, -0.1) is 0 Å². The van der Waals surface area contributed by atoms with Crippen molar-refractivity contribution < 1.29 is 9.59 Å². The number of aryl methyl sites for hydroxylation is 3. The molecule has 0 aliphatic carbocycles. The Kier molecular flexibility index (Phi) is 8.42. The van der Waals surface area contributed by atoms with Gasteiger partial charge < -0.3 is 10.2 Å². The Balaban J connectivity index is 1.97. The second kappa shape index (κ2) is 11.5. The number of nitrogens with one attached hydrogen (secondary N) is 1. The van der Waals surface area contributed by atoms with Gasteiger partial charge in [0.05, 0.1) is 6.42 Å². The van der Waals surface area contributed by atoms with E-state index >= 15 is 0 Å². The molecule has 0 radical (unpaired) electrons. The molecule has 0 fully saturated rings. The highest BCUT2D eigenvalue weighted by Gasteiger charge is 2.30. The van der Waals surface area contributed by atoms with Crippen molar-refractivity contribution in [1.29, 1.82) is 0 Å². The first-order valence-corrected chi connectivity index (χ1v) is 11.6. The van der Waals surface area contributed by atoms with Gasteiger partial charge in [-0.25, -0.2) is 0 Å². The molecule has 3 aromatic carbocycles. The summed E-state index contributed by atoms with van der Waals surface area (Å²) in [6, 6.07) is 23.5. The van der Waals surface area contributed by atoms with Crippen molar-refractivity contribution in [3.63, 3.8) is 0 Å². The lowest BCUT2D eigenvalue weighted by Gasteiger charge is -2.32. The summed E-state index contributed by atoms with van der Waals surface area (Å²) in [5.41, 5.74) is 6.52. The minimum Gasteiger partial charge on any atom is -0.355 e. The topological polar surface area (TPSA) is 49.4 Å². The third kappa shape index (κ3) is 6.55. The molecule has 1 atom stereocenters. The summed E-state index contributed by atoms with van der Waals surface area (Å²) in [5, 5.41) is 2.95. The van der Waals surface area contributed by atoms with E-state index in [-0.39, 0.29) is 18.2 Å². The van der Waals surface area contributed by atoms with Crippen molar-refractivity contribution in [2.24, 2.45) is 0 Å². The summed E-state index contributed by atoms with van der Waals surface area (Å²) < 4.78 is 0. The highest BCUT2D eigenvalue weighted by Crippen LogP contribution is 2.19. The molecule has 3 rings (SSSR count). The number of hydrogen-bond donors (Lipinski definition) is 1. The van der Waals surface area contributed by atoms with Gasteiger partial charge in [-0.3, -0.25) is 9.59 Å². The molecule has 33 heavy (non-hydrogen) atoms. The zero-order chi connectivity index (χ0) is 23.8. The van der Waals surface area contributed by atoms with Crippen LogP contribution in [0.1, 0.15) is 40.3 Å². The van der Waals surface area contributed by atoms with Crippen LogP contribution in [-0.2, 0) is 29.0 Å². The highest BCUT2D eigenvalue weighted by molar-refractivity contribution is 5.88. The van der Waals surface area contributed by atoms with Crippen LogP contribution in [0.5, 0.6) is 0 Å². The van der Waals surface area contributed by atoms with Gasteiger partial charge in [0, 0.05) is 19.5 Å². The Hall–Kier alpha value is -3.40. The molecule has 172 valence electrons. The Labute approximate surface area is 197 Å². The molecule has 0 bridgehead atoms. The van der Waals surface area contributed by atoms with E-state index in [0.29, 0.717) is 19.5 Å². The number of amides is 2. The Morgan fingerprint density at radius 2 is 1.52 bits per heavy atom. The van der Waals surface area contributed by atoms with Crippen molar-refractivity contribution in [1.82, 2.24) is 10.2 Å². The normalized spacial score (nSPS) is 11.6.